The molecule has 6 heteroatoms. The fourth-order valence-electron chi connectivity index (χ4n) is 2.29. The molecule has 0 spiro atoms. The molecule has 2 rings (SSSR count). The van der Waals surface area contributed by atoms with E-state index in [0.29, 0.717) is 18.8 Å². The number of rotatable bonds is 5. The molecule has 0 saturated carbocycles. The molecule has 1 unspecified atom stereocenters. The molecule has 1 aliphatic rings. The maximum absolute atomic E-state index is 12.3. The second-order valence-corrected chi connectivity index (χ2v) is 6.28. The highest BCUT2D eigenvalue weighted by atomic mass is 32.2. The predicted octanol–water partition coefficient (Wildman–Crippen LogP) is 1.15. The van der Waals surface area contributed by atoms with Crippen molar-refractivity contribution in [1.82, 2.24) is 9.80 Å². The Morgan fingerprint density at radius 1 is 1.38 bits per heavy atom. The molecule has 21 heavy (non-hydrogen) atoms. The van der Waals surface area contributed by atoms with Gasteiger partial charge in [-0.3, -0.25) is 14.5 Å². The van der Waals surface area contributed by atoms with E-state index in [1.54, 1.807) is 28.6 Å². The molecule has 114 valence electrons. The molecule has 1 atom stereocenters. The summed E-state index contributed by atoms with van der Waals surface area (Å²) in [6.07, 6.45) is 0. The van der Waals surface area contributed by atoms with Crippen LogP contribution in [0.2, 0.25) is 0 Å². The molecule has 1 aromatic carbocycles. The van der Waals surface area contributed by atoms with Crippen molar-refractivity contribution in [3.8, 4) is 0 Å². The van der Waals surface area contributed by atoms with Crippen molar-refractivity contribution in [1.29, 1.82) is 0 Å². The molecule has 0 radical (unpaired) electrons. The normalized spacial score (nSPS) is 19.2. The predicted molar refractivity (Wildman–Crippen MR) is 83.2 cm³/mol. The van der Waals surface area contributed by atoms with Crippen LogP contribution in [-0.4, -0.2) is 64.5 Å². The van der Waals surface area contributed by atoms with Gasteiger partial charge in [0.15, 0.2) is 0 Å². The summed E-state index contributed by atoms with van der Waals surface area (Å²) in [7, 11) is 1.75. The van der Waals surface area contributed by atoms with Crippen LogP contribution in [-0.2, 0) is 16.1 Å². The fourth-order valence-corrected chi connectivity index (χ4v) is 3.40. The van der Waals surface area contributed by atoms with Crippen LogP contribution in [0.3, 0.4) is 0 Å². The van der Waals surface area contributed by atoms with Crippen molar-refractivity contribution in [2.24, 2.45) is 0 Å². The third kappa shape index (κ3) is 4.47. The minimum atomic E-state index is -0.847. The first-order valence-corrected chi connectivity index (χ1v) is 8.06. The van der Waals surface area contributed by atoms with Crippen LogP contribution in [0, 0.1) is 0 Å². The summed E-state index contributed by atoms with van der Waals surface area (Å²) in [6, 6.07) is 9.21. The molecular formula is C15H20N2O3S. The first-order chi connectivity index (χ1) is 10.1. The largest absolute Gasteiger partial charge is 0.480 e. The van der Waals surface area contributed by atoms with E-state index in [-0.39, 0.29) is 12.5 Å². The monoisotopic (exact) mass is 308 g/mol. The minimum absolute atomic E-state index is 0.0444. The third-order valence-electron chi connectivity index (χ3n) is 3.55. The van der Waals surface area contributed by atoms with E-state index in [1.165, 1.54) is 0 Å². The van der Waals surface area contributed by atoms with Crippen molar-refractivity contribution < 1.29 is 14.7 Å². The number of thioether (sulfide) groups is 1. The lowest BCUT2D eigenvalue weighted by Crippen LogP contribution is -2.51. The molecule has 1 heterocycles. The van der Waals surface area contributed by atoms with Crippen molar-refractivity contribution in [2.45, 2.75) is 12.6 Å². The van der Waals surface area contributed by atoms with Crippen molar-refractivity contribution in [3.63, 3.8) is 0 Å². The Labute approximate surface area is 128 Å². The van der Waals surface area contributed by atoms with Gasteiger partial charge in [-0.05, 0) is 5.56 Å². The molecule has 1 N–H and O–H groups in total. The molecule has 0 aliphatic carbocycles. The summed E-state index contributed by atoms with van der Waals surface area (Å²) >= 11 is 1.63. The number of carboxylic acid groups (broad SMARTS) is 1. The molecule has 5 nitrogen and oxygen atoms in total. The first-order valence-electron chi connectivity index (χ1n) is 6.90. The van der Waals surface area contributed by atoms with Gasteiger partial charge < -0.3 is 10.0 Å². The lowest BCUT2D eigenvalue weighted by Gasteiger charge is -2.33. The highest BCUT2D eigenvalue weighted by Crippen LogP contribution is 2.16. The van der Waals surface area contributed by atoms with Gasteiger partial charge in [0.1, 0.15) is 6.04 Å². The van der Waals surface area contributed by atoms with E-state index in [2.05, 4.69) is 0 Å². The summed E-state index contributed by atoms with van der Waals surface area (Å²) in [4.78, 5) is 26.9. The van der Waals surface area contributed by atoms with Gasteiger partial charge in [-0.1, -0.05) is 30.3 Å². The Morgan fingerprint density at radius 2 is 2.10 bits per heavy atom. The van der Waals surface area contributed by atoms with E-state index in [0.717, 1.165) is 11.3 Å². The molecule has 1 amide bonds. The number of likely N-dealkylation sites (N-methyl/N-ethyl adjacent to an activating group) is 1. The lowest BCUT2D eigenvalue weighted by atomic mass is 10.2. The number of carboxylic acids is 1. The highest BCUT2D eigenvalue weighted by molar-refractivity contribution is 7.99. The van der Waals surface area contributed by atoms with Crippen LogP contribution in [0.1, 0.15) is 5.56 Å². The minimum Gasteiger partial charge on any atom is -0.480 e. The number of aliphatic carboxylic acids is 1. The zero-order chi connectivity index (χ0) is 15.2. The van der Waals surface area contributed by atoms with E-state index >= 15 is 0 Å². The van der Waals surface area contributed by atoms with Gasteiger partial charge in [-0.2, -0.15) is 11.8 Å². The van der Waals surface area contributed by atoms with E-state index in [1.807, 2.05) is 30.3 Å². The third-order valence-corrected chi connectivity index (χ3v) is 4.57. The molecule has 0 bridgehead atoms. The van der Waals surface area contributed by atoms with Crippen LogP contribution in [0.4, 0.5) is 0 Å². The Morgan fingerprint density at radius 3 is 2.76 bits per heavy atom. The number of carbonyl (C=O) groups excluding carboxylic acids is 1. The van der Waals surface area contributed by atoms with E-state index in [4.69, 9.17) is 0 Å². The van der Waals surface area contributed by atoms with Gasteiger partial charge >= 0.3 is 5.97 Å². The van der Waals surface area contributed by atoms with Gasteiger partial charge in [0.25, 0.3) is 0 Å². The molecule has 0 aromatic heterocycles. The Balaban J connectivity index is 1.91. The smallest absolute Gasteiger partial charge is 0.321 e. The quantitative estimate of drug-likeness (QED) is 0.884. The van der Waals surface area contributed by atoms with Crippen LogP contribution in [0.15, 0.2) is 30.3 Å². The zero-order valence-electron chi connectivity index (χ0n) is 12.1. The standard InChI is InChI=1S/C15H20N2O3S/c1-16(9-12-5-3-2-4-6-12)14(18)10-17-7-8-21-11-13(17)15(19)20/h2-6,13H,7-11H2,1H3,(H,19,20). The Kier molecular flexibility index (Phi) is 5.64. The number of hydrogen-bond acceptors (Lipinski definition) is 4. The van der Waals surface area contributed by atoms with Crippen molar-refractivity contribution >= 4 is 23.6 Å². The summed E-state index contributed by atoms with van der Waals surface area (Å²) in [5, 5.41) is 9.22. The first kappa shape index (κ1) is 15.9. The molecule has 1 fully saturated rings. The van der Waals surface area contributed by atoms with Gasteiger partial charge in [-0.15, -0.1) is 0 Å². The highest BCUT2D eigenvalue weighted by Gasteiger charge is 2.30. The van der Waals surface area contributed by atoms with Crippen molar-refractivity contribution in [2.75, 3.05) is 31.6 Å². The molecular weight excluding hydrogens is 288 g/mol. The van der Waals surface area contributed by atoms with E-state index in [9.17, 15) is 14.7 Å². The summed E-state index contributed by atoms with van der Waals surface area (Å²) in [5.74, 6) is 0.530. The Hall–Kier alpha value is -1.53. The van der Waals surface area contributed by atoms with Crippen LogP contribution < -0.4 is 0 Å². The van der Waals surface area contributed by atoms with Gasteiger partial charge in [-0.25, -0.2) is 0 Å². The number of benzene rings is 1. The van der Waals surface area contributed by atoms with Gasteiger partial charge in [0.2, 0.25) is 5.91 Å². The Bertz CT molecular complexity index is 495. The molecule has 1 aliphatic heterocycles. The number of hydrogen-bond donors (Lipinski definition) is 1. The SMILES string of the molecule is CN(Cc1ccccc1)C(=O)CN1CCSCC1C(=O)O. The maximum Gasteiger partial charge on any atom is 0.321 e. The molecule has 1 aromatic rings. The second-order valence-electron chi connectivity index (χ2n) is 5.13. The van der Waals surface area contributed by atoms with Crippen molar-refractivity contribution in [3.05, 3.63) is 35.9 Å². The summed E-state index contributed by atoms with van der Waals surface area (Å²) < 4.78 is 0. The van der Waals surface area contributed by atoms with Crippen LogP contribution >= 0.6 is 11.8 Å². The summed E-state index contributed by atoms with van der Waals surface area (Å²) in [6.45, 7) is 1.35. The van der Waals surface area contributed by atoms with Gasteiger partial charge in [0.05, 0.1) is 6.54 Å². The zero-order valence-corrected chi connectivity index (χ0v) is 12.9. The van der Waals surface area contributed by atoms with E-state index < -0.39 is 12.0 Å². The fraction of sp³-hybridized carbons (Fsp3) is 0.467. The number of nitrogens with zero attached hydrogens (tertiary/aromatic N) is 2. The average molecular weight is 308 g/mol. The topological polar surface area (TPSA) is 60.9 Å². The number of carbonyl (C=O) groups is 2. The summed E-state index contributed by atoms with van der Waals surface area (Å²) in [5.41, 5.74) is 1.07. The average Bonchev–Trinajstić information content (AvgIpc) is 2.48. The number of amides is 1. The maximum atomic E-state index is 12.3. The van der Waals surface area contributed by atoms with Crippen LogP contribution in [0.25, 0.3) is 0 Å². The lowest BCUT2D eigenvalue weighted by molar-refractivity contribution is -0.143. The molecule has 1 saturated heterocycles. The van der Waals surface area contributed by atoms with Gasteiger partial charge in [0, 0.05) is 31.6 Å². The second kappa shape index (κ2) is 7.47. The van der Waals surface area contributed by atoms with Crippen LogP contribution in [0.5, 0.6) is 0 Å².